The van der Waals surface area contributed by atoms with Crippen LogP contribution in [-0.2, 0) is 14.3 Å². The second-order valence-corrected chi connectivity index (χ2v) is 10.3. The van der Waals surface area contributed by atoms with Gasteiger partial charge in [0.2, 0.25) is 0 Å². The highest BCUT2D eigenvalue weighted by Crippen LogP contribution is 2.61. The van der Waals surface area contributed by atoms with Crippen molar-refractivity contribution in [1.29, 1.82) is 0 Å². The summed E-state index contributed by atoms with van der Waals surface area (Å²) >= 11 is 0. The highest BCUT2D eigenvalue weighted by Gasteiger charge is 2.60. The first kappa shape index (κ1) is 17.1. The number of carboxylic acid groups (broad SMARTS) is 1. The molecule has 26 heavy (non-hydrogen) atoms. The highest BCUT2D eigenvalue weighted by atomic mass is 16.5. The number of rotatable bonds is 4. The van der Waals surface area contributed by atoms with Crippen molar-refractivity contribution in [3.8, 4) is 0 Å². The fraction of sp³-hybridized carbons (Fsp3) is 0.909. The fourth-order valence-electron chi connectivity index (χ4n) is 8.22. The first-order valence-corrected chi connectivity index (χ1v) is 10.8. The van der Waals surface area contributed by atoms with Gasteiger partial charge in [0.1, 0.15) is 0 Å². The van der Waals surface area contributed by atoms with Crippen LogP contribution in [0, 0.1) is 65.1 Å². The Hall–Kier alpha value is -1.06. The normalized spacial score (nSPS) is 53.8. The third-order valence-electron chi connectivity index (χ3n) is 9.54. The van der Waals surface area contributed by atoms with Crippen LogP contribution in [0.1, 0.15) is 52.4 Å². The van der Waals surface area contributed by atoms with Gasteiger partial charge in [-0.05, 0) is 91.8 Å². The van der Waals surface area contributed by atoms with Gasteiger partial charge in [-0.3, -0.25) is 9.59 Å². The Labute approximate surface area is 156 Å². The molecule has 4 heteroatoms. The van der Waals surface area contributed by atoms with Gasteiger partial charge in [-0.15, -0.1) is 0 Å². The van der Waals surface area contributed by atoms with Crippen molar-refractivity contribution in [2.24, 2.45) is 65.1 Å². The molecule has 0 radical (unpaired) electrons. The molecule has 0 aromatic carbocycles. The quantitative estimate of drug-likeness (QED) is 0.774. The van der Waals surface area contributed by atoms with E-state index in [9.17, 15) is 14.7 Å². The summed E-state index contributed by atoms with van der Waals surface area (Å²) in [6, 6.07) is 0. The topological polar surface area (TPSA) is 63.6 Å². The summed E-state index contributed by atoms with van der Waals surface area (Å²) in [6.07, 6.45) is 7.62. The van der Waals surface area contributed by atoms with E-state index >= 15 is 0 Å². The summed E-state index contributed by atoms with van der Waals surface area (Å²) < 4.78 is 5.78. The van der Waals surface area contributed by atoms with E-state index in [0.717, 1.165) is 30.1 Å². The number of carboxylic acids is 1. The minimum Gasteiger partial charge on any atom is -0.481 e. The van der Waals surface area contributed by atoms with Gasteiger partial charge in [-0.25, -0.2) is 0 Å². The van der Waals surface area contributed by atoms with Crippen molar-refractivity contribution < 1.29 is 19.4 Å². The molecule has 10 unspecified atom stereocenters. The van der Waals surface area contributed by atoms with Gasteiger partial charge in [-0.2, -0.15) is 0 Å². The van der Waals surface area contributed by atoms with E-state index in [1.165, 1.54) is 32.1 Å². The molecule has 4 bridgehead atoms. The third kappa shape index (κ3) is 2.32. The lowest BCUT2D eigenvalue weighted by Crippen LogP contribution is -2.41. The average molecular weight is 360 g/mol. The zero-order chi connectivity index (χ0) is 18.2. The molecule has 1 N–H and O–H groups in total. The summed E-state index contributed by atoms with van der Waals surface area (Å²) in [5.74, 6) is 3.35. The van der Waals surface area contributed by atoms with E-state index in [-0.39, 0.29) is 17.8 Å². The number of aliphatic carboxylic acids is 1. The first-order valence-electron chi connectivity index (χ1n) is 10.8. The summed E-state index contributed by atoms with van der Waals surface area (Å²) in [6.45, 7) is 4.86. The number of esters is 1. The van der Waals surface area contributed by atoms with Gasteiger partial charge in [0.15, 0.2) is 0 Å². The predicted molar refractivity (Wildman–Crippen MR) is 96.0 cm³/mol. The molecule has 5 aliphatic carbocycles. The molecule has 5 aliphatic rings. The first-order chi connectivity index (χ1) is 12.5. The largest absolute Gasteiger partial charge is 0.481 e. The minimum atomic E-state index is -0.801. The molecule has 5 fully saturated rings. The van der Waals surface area contributed by atoms with Crippen LogP contribution >= 0.6 is 0 Å². The molecule has 4 nitrogen and oxygen atoms in total. The minimum absolute atomic E-state index is 0.145. The molecule has 0 heterocycles. The van der Waals surface area contributed by atoms with Gasteiger partial charge < -0.3 is 9.84 Å². The van der Waals surface area contributed by atoms with E-state index < -0.39 is 17.8 Å². The Kier molecular flexibility index (Phi) is 3.92. The summed E-state index contributed by atoms with van der Waals surface area (Å²) in [4.78, 5) is 24.7. The maximum Gasteiger partial charge on any atom is 0.310 e. The molecule has 10 atom stereocenters. The Morgan fingerprint density at radius 3 is 2.00 bits per heavy atom. The summed E-state index contributed by atoms with van der Waals surface area (Å²) in [5, 5.41) is 9.70. The van der Waals surface area contributed by atoms with Crippen LogP contribution < -0.4 is 0 Å². The van der Waals surface area contributed by atoms with Crippen molar-refractivity contribution in [2.45, 2.75) is 52.4 Å². The standard InChI is InChI=1S/C22H32O4/c1-10-11(2)16-8-15(10)19(21(23)24)20(16)22(25)26-9-12-5-17-13-3-4-14(7-13)18(17)6-12/h10-20H,3-9H2,1-2H3,(H,23,24). The number of carbonyl (C=O) groups excluding carboxylic acids is 1. The van der Waals surface area contributed by atoms with Crippen LogP contribution in [0.2, 0.25) is 0 Å². The second-order valence-electron chi connectivity index (χ2n) is 10.3. The molecule has 0 aliphatic heterocycles. The number of fused-ring (bicyclic) bond motifs is 7. The van der Waals surface area contributed by atoms with Gasteiger partial charge in [-0.1, -0.05) is 13.8 Å². The zero-order valence-electron chi connectivity index (χ0n) is 16.0. The molecule has 144 valence electrons. The monoisotopic (exact) mass is 360 g/mol. The average Bonchev–Trinajstić information content (AvgIpc) is 3.38. The van der Waals surface area contributed by atoms with Crippen LogP contribution in [-0.4, -0.2) is 23.7 Å². The van der Waals surface area contributed by atoms with Crippen LogP contribution in [0.15, 0.2) is 0 Å². The van der Waals surface area contributed by atoms with Crippen LogP contribution in [0.3, 0.4) is 0 Å². The van der Waals surface area contributed by atoms with Crippen molar-refractivity contribution in [3.05, 3.63) is 0 Å². The lowest BCUT2D eigenvalue weighted by Gasteiger charge is -2.35. The molecule has 0 saturated heterocycles. The maximum atomic E-state index is 12.9. The maximum absolute atomic E-state index is 12.9. The molecular weight excluding hydrogens is 328 g/mol. The zero-order valence-corrected chi connectivity index (χ0v) is 16.0. The molecular formula is C22H32O4. The van der Waals surface area contributed by atoms with Crippen LogP contribution in [0.5, 0.6) is 0 Å². The number of hydrogen-bond donors (Lipinski definition) is 1. The van der Waals surface area contributed by atoms with Gasteiger partial charge in [0.25, 0.3) is 0 Å². The molecule has 0 aromatic rings. The van der Waals surface area contributed by atoms with Crippen LogP contribution in [0.25, 0.3) is 0 Å². The smallest absolute Gasteiger partial charge is 0.310 e. The Balaban J connectivity index is 1.21. The van der Waals surface area contributed by atoms with E-state index in [0.29, 0.717) is 24.4 Å². The molecule has 5 rings (SSSR count). The lowest BCUT2D eigenvalue weighted by atomic mass is 9.69. The second kappa shape index (κ2) is 5.97. The van der Waals surface area contributed by atoms with Crippen molar-refractivity contribution in [1.82, 2.24) is 0 Å². The third-order valence-corrected chi connectivity index (χ3v) is 9.54. The van der Waals surface area contributed by atoms with Gasteiger partial charge >= 0.3 is 11.9 Å². The number of carbonyl (C=O) groups is 2. The highest BCUT2D eigenvalue weighted by molar-refractivity contribution is 5.83. The van der Waals surface area contributed by atoms with Gasteiger partial charge in [0, 0.05) is 0 Å². The number of ether oxygens (including phenoxy) is 1. The Morgan fingerprint density at radius 2 is 1.42 bits per heavy atom. The van der Waals surface area contributed by atoms with Crippen molar-refractivity contribution in [3.63, 3.8) is 0 Å². The van der Waals surface area contributed by atoms with E-state index in [2.05, 4.69) is 13.8 Å². The van der Waals surface area contributed by atoms with E-state index in [4.69, 9.17) is 4.74 Å². The molecule has 0 amide bonds. The van der Waals surface area contributed by atoms with Crippen LogP contribution in [0.4, 0.5) is 0 Å². The number of hydrogen-bond acceptors (Lipinski definition) is 3. The molecule has 0 spiro atoms. The Bertz CT molecular complexity index is 597. The summed E-state index contributed by atoms with van der Waals surface area (Å²) in [5.41, 5.74) is 0. The SMILES string of the molecule is CC1C(C)C2CC1C(C(=O)O)C2C(=O)OCC1CC2C3CCC(C3)C2C1. The van der Waals surface area contributed by atoms with E-state index in [1.807, 2.05) is 0 Å². The predicted octanol–water partition coefficient (Wildman–Crippen LogP) is 3.84. The van der Waals surface area contributed by atoms with E-state index in [1.54, 1.807) is 0 Å². The van der Waals surface area contributed by atoms with Crippen molar-refractivity contribution in [2.75, 3.05) is 6.61 Å². The Morgan fingerprint density at radius 1 is 0.846 bits per heavy atom. The summed E-state index contributed by atoms with van der Waals surface area (Å²) in [7, 11) is 0. The van der Waals surface area contributed by atoms with Crippen molar-refractivity contribution >= 4 is 11.9 Å². The molecule has 0 aromatic heterocycles. The lowest BCUT2D eigenvalue weighted by molar-refractivity contribution is -0.163. The molecule has 5 saturated carbocycles. The fourth-order valence-corrected chi connectivity index (χ4v) is 8.22. The van der Waals surface area contributed by atoms with Gasteiger partial charge in [0.05, 0.1) is 18.4 Å².